The maximum absolute atomic E-state index is 5.84. The molecule has 1 N–H and O–H groups in total. The molecule has 3 rings (SSSR count). The van der Waals surface area contributed by atoms with Gasteiger partial charge in [0.15, 0.2) is 0 Å². The van der Waals surface area contributed by atoms with Crippen LogP contribution in [-0.2, 0) is 18.2 Å². The molecule has 0 bridgehead atoms. The number of hydrogen-bond donors (Lipinski definition) is 1. The summed E-state index contributed by atoms with van der Waals surface area (Å²) in [5.41, 5.74) is 2.58. The monoisotopic (exact) mass is 249 g/mol. The van der Waals surface area contributed by atoms with Crippen molar-refractivity contribution >= 4 is 5.69 Å². The minimum atomic E-state index is 0.224. The second-order valence-corrected chi connectivity index (χ2v) is 6.20. The Morgan fingerprint density at radius 2 is 2.33 bits per heavy atom. The van der Waals surface area contributed by atoms with Crippen molar-refractivity contribution < 1.29 is 4.74 Å². The number of aromatic nitrogens is 2. The summed E-state index contributed by atoms with van der Waals surface area (Å²) in [6, 6.07) is 0.513. The summed E-state index contributed by atoms with van der Waals surface area (Å²) in [5, 5.41) is 8.21. The molecule has 3 unspecified atom stereocenters. The van der Waals surface area contributed by atoms with Gasteiger partial charge in [-0.25, -0.2) is 0 Å². The van der Waals surface area contributed by atoms with Gasteiger partial charge in [0.2, 0.25) is 0 Å². The minimum Gasteiger partial charge on any atom is -0.379 e. The molecule has 1 aromatic heterocycles. The number of aryl methyl sites for hydroxylation is 2. The topological polar surface area (TPSA) is 39.1 Å². The predicted molar refractivity (Wildman–Crippen MR) is 71.6 cm³/mol. The van der Waals surface area contributed by atoms with Crippen LogP contribution in [0.15, 0.2) is 6.20 Å². The first-order valence-corrected chi connectivity index (χ1v) is 6.94. The molecule has 1 aliphatic carbocycles. The number of nitrogens with one attached hydrogen (secondary N) is 1. The third-order valence-electron chi connectivity index (χ3n) is 4.65. The second-order valence-electron chi connectivity index (χ2n) is 6.20. The lowest BCUT2D eigenvalue weighted by Crippen LogP contribution is -2.63. The summed E-state index contributed by atoms with van der Waals surface area (Å²) in [6.45, 7) is 7.68. The molecule has 0 radical (unpaired) electrons. The summed E-state index contributed by atoms with van der Waals surface area (Å²) in [4.78, 5) is 0. The van der Waals surface area contributed by atoms with Gasteiger partial charge in [-0.1, -0.05) is 20.8 Å². The van der Waals surface area contributed by atoms with Crippen molar-refractivity contribution in [2.45, 2.75) is 45.8 Å². The first kappa shape index (κ1) is 12.0. The summed E-state index contributed by atoms with van der Waals surface area (Å²) in [7, 11) is 1.98. The van der Waals surface area contributed by atoms with Crippen LogP contribution in [0, 0.1) is 11.3 Å². The van der Waals surface area contributed by atoms with Crippen LogP contribution >= 0.6 is 0 Å². The molecular formula is C14H23N3O. The Balaban J connectivity index is 1.80. The van der Waals surface area contributed by atoms with Gasteiger partial charge in [-0.15, -0.1) is 0 Å². The van der Waals surface area contributed by atoms with Gasteiger partial charge < -0.3 is 10.1 Å². The van der Waals surface area contributed by atoms with Crippen LogP contribution < -0.4 is 5.32 Å². The van der Waals surface area contributed by atoms with Gasteiger partial charge in [0.1, 0.15) is 0 Å². The molecule has 1 aliphatic heterocycles. The van der Waals surface area contributed by atoms with E-state index in [2.05, 4.69) is 37.4 Å². The Morgan fingerprint density at radius 1 is 1.56 bits per heavy atom. The average molecular weight is 249 g/mol. The smallest absolute Gasteiger partial charge is 0.0853 e. The van der Waals surface area contributed by atoms with Crippen LogP contribution in [-0.4, -0.2) is 28.5 Å². The van der Waals surface area contributed by atoms with E-state index >= 15 is 0 Å². The lowest BCUT2D eigenvalue weighted by Gasteiger charge is -2.55. The lowest BCUT2D eigenvalue weighted by molar-refractivity contribution is -0.0923. The van der Waals surface area contributed by atoms with Crippen LogP contribution in [0.5, 0.6) is 0 Å². The zero-order chi connectivity index (χ0) is 12.9. The molecule has 1 saturated heterocycles. The number of rotatable bonds is 3. The maximum Gasteiger partial charge on any atom is 0.0853 e. The molecule has 0 aromatic carbocycles. The number of hydrogen-bond acceptors (Lipinski definition) is 3. The van der Waals surface area contributed by atoms with Gasteiger partial charge in [-0.05, 0) is 12.8 Å². The molecule has 4 heteroatoms. The van der Waals surface area contributed by atoms with Crippen molar-refractivity contribution in [3.05, 3.63) is 11.9 Å². The van der Waals surface area contributed by atoms with E-state index in [9.17, 15) is 0 Å². The largest absolute Gasteiger partial charge is 0.379 e. The first-order valence-electron chi connectivity index (χ1n) is 6.94. The van der Waals surface area contributed by atoms with Crippen molar-refractivity contribution in [1.82, 2.24) is 9.78 Å². The first-order chi connectivity index (χ1) is 8.54. The van der Waals surface area contributed by atoms with E-state index in [0.717, 1.165) is 18.7 Å². The molecule has 3 atom stereocenters. The Kier molecular flexibility index (Phi) is 2.66. The lowest BCUT2D eigenvalue weighted by atomic mass is 9.57. The van der Waals surface area contributed by atoms with Gasteiger partial charge in [0.05, 0.1) is 17.5 Å². The normalized spacial score (nSPS) is 33.0. The molecule has 4 nitrogen and oxygen atoms in total. The molecule has 100 valence electrons. The minimum absolute atomic E-state index is 0.224. The molecule has 0 spiro atoms. The van der Waals surface area contributed by atoms with Crippen LogP contribution in [0.3, 0.4) is 0 Å². The number of fused-ring (bicyclic) bond motifs is 1. The highest BCUT2D eigenvalue weighted by Gasteiger charge is 2.59. The highest BCUT2D eigenvalue weighted by molar-refractivity contribution is 5.49. The quantitative estimate of drug-likeness (QED) is 0.892. The van der Waals surface area contributed by atoms with E-state index in [4.69, 9.17) is 4.74 Å². The van der Waals surface area contributed by atoms with E-state index in [0.29, 0.717) is 18.1 Å². The summed E-state index contributed by atoms with van der Waals surface area (Å²) < 4.78 is 7.73. The van der Waals surface area contributed by atoms with E-state index in [1.165, 1.54) is 12.1 Å². The molecule has 1 aromatic rings. The standard InChI is InChI=1S/C14H23N3O/c1-5-10-11(8-17(4)16-10)15-12-9-6-7-18-13(9)14(12,2)3/h8-9,12-13,15H,5-7H2,1-4H3. The summed E-state index contributed by atoms with van der Waals surface area (Å²) in [5.74, 6) is 0.671. The van der Waals surface area contributed by atoms with Crippen LogP contribution in [0.2, 0.25) is 0 Å². The second kappa shape index (κ2) is 3.98. The summed E-state index contributed by atoms with van der Waals surface area (Å²) >= 11 is 0. The van der Waals surface area contributed by atoms with Crippen molar-refractivity contribution in [3.63, 3.8) is 0 Å². The number of nitrogens with zero attached hydrogens (tertiary/aromatic N) is 2. The third kappa shape index (κ3) is 1.58. The fourth-order valence-electron chi connectivity index (χ4n) is 3.70. The maximum atomic E-state index is 5.84. The highest BCUT2D eigenvalue weighted by atomic mass is 16.5. The highest BCUT2D eigenvalue weighted by Crippen LogP contribution is 2.53. The fraction of sp³-hybridized carbons (Fsp3) is 0.786. The van der Waals surface area contributed by atoms with Crippen molar-refractivity contribution in [2.75, 3.05) is 11.9 Å². The molecule has 0 amide bonds. The van der Waals surface area contributed by atoms with Crippen LogP contribution in [0.4, 0.5) is 5.69 Å². The molecule has 18 heavy (non-hydrogen) atoms. The summed E-state index contributed by atoms with van der Waals surface area (Å²) in [6.07, 6.45) is 4.70. The van der Waals surface area contributed by atoms with E-state index in [1.54, 1.807) is 0 Å². The van der Waals surface area contributed by atoms with E-state index in [-0.39, 0.29) is 5.41 Å². The van der Waals surface area contributed by atoms with E-state index in [1.807, 2.05) is 11.7 Å². The molecule has 2 fully saturated rings. The Hall–Kier alpha value is -1.03. The zero-order valence-electron chi connectivity index (χ0n) is 11.7. The van der Waals surface area contributed by atoms with Crippen LogP contribution in [0.1, 0.15) is 32.9 Å². The van der Waals surface area contributed by atoms with Gasteiger partial charge >= 0.3 is 0 Å². The zero-order valence-corrected chi connectivity index (χ0v) is 11.7. The van der Waals surface area contributed by atoms with Gasteiger partial charge in [0, 0.05) is 37.2 Å². The molecule has 1 saturated carbocycles. The number of ether oxygens (including phenoxy) is 1. The predicted octanol–water partition coefficient (Wildman–Crippen LogP) is 2.21. The van der Waals surface area contributed by atoms with Gasteiger partial charge in [-0.2, -0.15) is 5.10 Å². The fourth-order valence-corrected chi connectivity index (χ4v) is 3.70. The van der Waals surface area contributed by atoms with Crippen molar-refractivity contribution in [1.29, 1.82) is 0 Å². The van der Waals surface area contributed by atoms with E-state index < -0.39 is 0 Å². The Labute approximate surface area is 109 Å². The average Bonchev–Trinajstić information content (AvgIpc) is 2.90. The molecular weight excluding hydrogens is 226 g/mol. The molecule has 2 heterocycles. The van der Waals surface area contributed by atoms with Gasteiger partial charge in [-0.3, -0.25) is 4.68 Å². The van der Waals surface area contributed by atoms with Crippen molar-refractivity contribution in [3.8, 4) is 0 Å². The number of anilines is 1. The van der Waals surface area contributed by atoms with Crippen LogP contribution in [0.25, 0.3) is 0 Å². The third-order valence-corrected chi connectivity index (χ3v) is 4.65. The SMILES string of the molecule is CCc1nn(C)cc1NC1C2CCOC2C1(C)C. The Morgan fingerprint density at radius 3 is 3.06 bits per heavy atom. The van der Waals surface area contributed by atoms with Crippen molar-refractivity contribution in [2.24, 2.45) is 18.4 Å². The molecule has 2 aliphatic rings. The Bertz CT molecular complexity index is 452. The van der Waals surface area contributed by atoms with Gasteiger partial charge in [0.25, 0.3) is 0 Å².